The SMILES string of the molecule is CC(CN1CCCCC1)Nc1ncccn1. The van der Waals surface area contributed by atoms with Gasteiger partial charge >= 0.3 is 0 Å². The molecule has 1 N–H and O–H groups in total. The summed E-state index contributed by atoms with van der Waals surface area (Å²) >= 11 is 0. The largest absolute Gasteiger partial charge is 0.350 e. The summed E-state index contributed by atoms with van der Waals surface area (Å²) in [6, 6.07) is 2.24. The van der Waals surface area contributed by atoms with Crippen LogP contribution in [0.5, 0.6) is 0 Å². The molecule has 1 atom stereocenters. The Hall–Kier alpha value is -1.16. The van der Waals surface area contributed by atoms with E-state index >= 15 is 0 Å². The third kappa shape index (κ3) is 3.45. The molecule has 4 nitrogen and oxygen atoms in total. The van der Waals surface area contributed by atoms with Crippen molar-refractivity contribution in [3.05, 3.63) is 18.5 Å². The van der Waals surface area contributed by atoms with Gasteiger partial charge in [0, 0.05) is 25.0 Å². The predicted molar refractivity (Wildman–Crippen MR) is 65.4 cm³/mol. The molecule has 0 spiro atoms. The van der Waals surface area contributed by atoms with E-state index in [-0.39, 0.29) is 0 Å². The number of likely N-dealkylation sites (tertiary alicyclic amines) is 1. The Kier molecular flexibility index (Phi) is 4.10. The number of rotatable bonds is 4. The van der Waals surface area contributed by atoms with Gasteiger partial charge in [-0.05, 0) is 38.9 Å². The fourth-order valence-corrected chi connectivity index (χ4v) is 2.17. The molecule has 1 aliphatic heterocycles. The van der Waals surface area contributed by atoms with E-state index in [1.54, 1.807) is 12.4 Å². The molecule has 0 amide bonds. The van der Waals surface area contributed by atoms with Crippen LogP contribution in [0.4, 0.5) is 5.95 Å². The number of hydrogen-bond donors (Lipinski definition) is 1. The smallest absolute Gasteiger partial charge is 0.222 e. The number of aromatic nitrogens is 2. The highest BCUT2D eigenvalue weighted by molar-refractivity contribution is 5.23. The molecule has 1 aliphatic rings. The lowest BCUT2D eigenvalue weighted by atomic mass is 10.1. The van der Waals surface area contributed by atoms with E-state index in [2.05, 4.69) is 27.1 Å². The van der Waals surface area contributed by atoms with Crippen LogP contribution in [0, 0.1) is 0 Å². The summed E-state index contributed by atoms with van der Waals surface area (Å²) in [6.45, 7) is 5.74. The summed E-state index contributed by atoms with van der Waals surface area (Å²) in [5.74, 6) is 0.729. The van der Waals surface area contributed by atoms with Gasteiger partial charge in [0.1, 0.15) is 0 Å². The minimum absolute atomic E-state index is 0.403. The molecule has 0 saturated carbocycles. The molecule has 1 saturated heterocycles. The molecule has 1 aromatic rings. The first-order valence-electron chi connectivity index (χ1n) is 6.10. The number of nitrogens with zero attached hydrogens (tertiary/aromatic N) is 3. The molecule has 1 fully saturated rings. The van der Waals surface area contributed by atoms with Crippen LogP contribution in [0.1, 0.15) is 26.2 Å². The van der Waals surface area contributed by atoms with E-state index in [1.165, 1.54) is 32.4 Å². The molecule has 88 valence electrons. The van der Waals surface area contributed by atoms with Gasteiger partial charge in [0.2, 0.25) is 5.95 Å². The third-order valence-electron chi connectivity index (χ3n) is 2.92. The van der Waals surface area contributed by atoms with Crippen molar-refractivity contribution in [1.29, 1.82) is 0 Å². The lowest BCUT2D eigenvalue weighted by Crippen LogP contribution is -2.38. The first-order valence-corrected chi connectivity index (χ1v) is 6.10. The Morgan fingerprint density at radius 3 is 2.62 bits per heavy atom. The quantitative estimate of drug-likeness (QED) is 0.839. The van der Waals surface area contributed by atoms with Crippen LogP contribution in [0.2, 0.25) is 0 Å². The van der Waals surface area contributed by atoms with Gasteiger partial charge in [-0.1, -0.05) is 6.42 Å². The Morgan fingerprint density at radius 1 is 1.25 bits per heavy atom. The highest BCUT2D eigenvalue weighted by atomic mass is 15.2. The summed E-state index contributed by atoms with van der Waals surface area (Å²) in [4.78, 5) is 10.9. The van der Waals surface area contributed by atoms with Crippen LogP contribution in [0.25, 0.3) is 0 Å². The maximum Gasteiger partial charge on any atom is 0.222 e. The second-order valence-corrected chi connectivity index (χ2v) is 4.48. The molecule has 4 heteroatoms. The van der Waals surface area contributed by atoms with Crippen molar-refractivity contribution in [3.63, 3.8) is 0 Å². The normalized spacial score (nSPS) is 19.3. The molecule has 0 bridgehead atoms. The van der Waals surface area contributed by atoms with Crippen molar-refractivity contribution in [2.24, 2.45) is 0 Å². The summed E-state index contributed by atoms with van der Waals surface area (Å²) in [7, 11) is 0. The van der Waals surface area contributed by atoms with Crippen LogP contribution in [-0.4, -0.2) is 40.5 Å². The molecule has 0 aromatic carbocycles. The van der Waals surface area contributed by atoms with Gasteiger partial charge in [0.05, 0.1) is 0 Å². The van der Waals surface area contributed by atoms with Crippen molar-refractivity contribution in [2.75, 3.05) is 25.0 Å². The molecule has 16 heavy (non-hydrogen) atoms. The molecule has 2 rings (SSSR count). The lowest BCUT2D eigenvalue weighted by Gasteiger charge is -2.29. The van der Waals surface area contributed by atoms with Crippen molar-refractivity contribution in [2.45, 2.75) is 32.2 Å². The van der Waals surface area contributed by atoms with Crippen molar-refractivity contribution >= 4 is 5.95 Å². The monoisotopic (exact) mass is 220 g/mol. The van der Waals surface area contributed by atoms with Gasteiger partial charge in [-0.25, -0.2) is 9.97 Å². The van der Waals surface area contributed by atoms with Crippen LogP contribution >= 0.6 is 0 Å². The number of hydrogen-bond acceptors (Lipinski definition) is 4. The summed E-state index contributed by atoms with van der Waals surface area (Å²) in [6.07, 6.45) is 7.61. The molecule has 0 radical (unpaired) electrons. The van der Waals surface area contributed by atoms with Crippen LogP contribution in [0.3, 0.4) is 0 Å². The van der Waals surface area contributed by atoms with E-state index in [0.717, 1.165) is 12.5 Å². The zero-order chi connectivity index (χ0) is 11.2. The Morgan fingerprint density at radius 2 is 1.94 bits per heavy atom. The van der Waals surface area contributed by atoms with Gasteiger partial charge in [-0.3, -0.25) is 0 Å². The van der Waals surface area contributed by atoms with Crippen LogP contribution in [-0.2, 0) is 0 Å². The van der Waals surface area contributed by atoms with Crippen LogP contribution in [0.15, 0.2) is 18.5 Å². The zero-order valence-electron chi connectivity index (χ0n) is 9.89. The third-order valence-corrected chi connectivity index (χ3v) is 2.92. The highest BCUT2D eigenvalue weighted by Gasteiger charge is 2.13. The van der Waals surface area contributed by atoms with Gasteiger partial charge in [-0.2, -0.15) is 0 Å². The van der Waals surface area contributed by atoms with Gasteiger partial charge in [-0.15, -0.1) is 0 Å². The standard InChI is InChI=1S/C12H20N4/c1-11(10-16-8-3-2-4-9-16)15-12-13-6-5-7-14-12/h5-7,11H,2-4,8-10H2,1H3,(H,13,14,15). The first-order chi connectivity index (χ1) is 7.84. The van der Waals surface area contributed by atoms with Gasteiger partial charge in [0.25, 0.3) is 0 Å². The van der Waals surface area contributed by atoms with E-state index in [0.29, 0.717) is 6.04 Å². The second kappa shape index (κ2) is 5.80. The number of anilines is 1. The van der Waals surface area contributed by atoms with E-state index in [9.17, 15) is 0 Å². The second-order valence-electron chi connectivity index (χ2n) is 4.48. The maximum atomic E-state index is 4.17. The minimum Gasteiger partial charge on any atom is -0.350 e. The van der Waals surface area contributed by atoms with Gasteiger partial charge < -0.3 is 10.2 Å². The average Bonchev–Trinajstić information content (AvgIpc) is 2.31. The van der Waals surface area contributed by atoms with Gasteiger partial charge in [0.15, 0.2) is 0 Å². The van der Waals surface area contributed by atoms with Crippen molar-refractivity contribution in [3.8, 4) is 0 Å². The average molecular weight is 220 g/mol. The molecular weight excluding hydrogens is 200 g/mol. The summed E-state index contributed by atoms with van der Waals surface area (Å²) in [5, 5.41) is 3.33. The van der Waals surface area contributed by atoms with Crippen molar-refractivity contribution < 1.29 is 0 Å². The molecule has 1 aromatic heterocycles. The topological polar surface area (TPSA) is 41.0 Å². The van der Waals surface area contributed by atoms with Crippen molar-refractivity contribution in [1.82, 2.24) is 14.9 Å². The molecule has 1 unspecified atom stereocenters. The fourth-order valence-electron chi connectivity index (χ4n) is 2.17. The Bertz CT molecular complexity index is 295. The summed E-state index contributed by atoms with van der Waals surface area (Å²) < 4.78 is 0. The van der Waals surface area contributed by atoms with E-state index < -0.39 is 0 Å². The zero-order valence-corrected chi connectivity index (χ0v) is 9.89. The van der Waals surface area contributed by atoms with Crippen LogP contribution < -0.4 is 5.32 Å². The minimum atomic E-state index is 0.403. The van der Waals surface area contributed by atoms with E-state index in [4.69, 9.17) is 0 Å². The molecule has 2 heterocycles. The number of nitrogens with one attached hydrogen (secondary N) is 1. The highest BCUT2D eigenvalue weighted by Crippen LogP contribution is 2.09. The van der Waals surface area contributed by atoms with E-state index in [1.807, 2.05) is 6.07 Å². The first kappa shape index (κ1) is 11.3. The molecule has 0 aliphatic carbocycles. The summed E-state index contributed by atoms with van der Waals surface area (Å²) in [5.41, 5.74) is 0. The Balaban J connectivity index is 1.77. The maximum absolute atomic E-state index is 4.17. The molecular formula is C12H20N4. The number of piperidine rings is 1. The fraction of sp³-hybridized carbons (Fsp3) is 0.667. The Labute approximate surface area is 97.1 Å². The lowest BCUT2D eigenvalue weighted by molar-refractivity contribution is 0.223. The predicted octanol–water partition coefficient (Wildman–Crippen LogP) is 1.76.